The van der Waals surface area contributed by atoms with Crippen LogP contribution in [0.1, 0.15) is 95.9 Å². The molecule has 0 radical (unpaired) electrons. The number of halogens is 1. The van der Waals surface area contributed by atoms with Crippen molar-refractivity contribution in [2.45, 2.75) is 153 Å². The largest absolute Gasteiger partial charge is 0.508 e. The number of para-hydroxylation sites is 1. The van der Waals surface area contributed by atoms with Crippen LogP contribution in [0.5, 0.6) is 5.75 Å². The molecule has 0 bridgehead atoms. The number of guanidine groups is 1. The third-order valence-corrected chi connectivity index (χ3v) is 15.0. The highest BCUT2D eigenvalue weighted by atomic mass is 35.5. The van der Waals surface area contributed by atoms with Crippen molar-refractivity contribution in [3.8, 4) is 5.75 Å². The van der Waals surface area contributed by atoms with Gasteiger partial charge in [0, 0.05) is 56.0 Å². The Morgan fingerprint density at radius 3 is 1.75 bits per heavy atom. The maximum Gasteiger partial charge on any atom is 0.408 e. The number of likely N-dealkylation sites (tertiary alicyclic amines) is 1. The van der Waals surface area contributed by atoms with Crippen LogP contribution in [0.15, 0.2) is 120 Å². The second-order valence-corrected chi connectivity index (χ2v) is 24.0. The predicted molar refractivity (Wildman–Crippen MR) is 352 cm³/mol. The number of phenols is 1. The molecular weight excluding hydrogens is 1220 g/mol. The van der Waals surface area contributed by atoms with E-state index in [9.17, 15) is 53.4 Å². The third kappa shape index (κ3) is 24.1. The molecule has 0 unspecified atom stereocenters. The molecule has 1 aliphatic heterocycles. The van der Waals surface area contributed by atoms with E-state index in [1.165, 1.54) is 29.2 Å². The number of ether oxygens (including phenoxy) is 2. The number of hydrogen-bond donors (Lipinski definition) is 13. The lowest BCUT2D eigenvalue weighted by Gasteiger charge is -2.30. The number of rotatable bonds is 33. The number of H-pyrrole nitrogens is 1. The molecule has 93 heavy (non-hydrogen) atoms. The van der Waals surface area contributed by atoms with Gasteiger partial charge in [-0.15, -0.1) is 12.4 Å². The summed E-state index contributed by atoms with van der Waals surface area (Å²) in [4.78, 5) is 137. The molecular formula is C66H90ClN13O13. The van der Waals surface area contributed by atoms with Crippen LogP contribution in [-0.2, 0) is 73.7 Å². The van der Waals surface area contributed by atoms with Gasteiger partial charge in [-0.3, -0.25) is 43.3 Å². The van der Waals surface area contributed by atoms with Gasteiger partial charge in [0.05, 0.1) is 19.8 Å². The van der Waals surface area contributed by atoms with E-state index in [1.807, 2.05) is 62.4 Å². The fourth-order valence-electron chi connectivity index (χ4n) is 10.5. The van der Waals surface area contributed by atoms with Crippen LogP contribution in [-0.4, -0.2) is 166 Å². The summed E-state index contributed by atoms with van der Waals surface area (Å²) in [5.74, 6) is -6.55. The number of aromatic hydroxyl groups is 1. The fraction of sp³-hybridized carbons (Fsp3) is 0.455. The van der Waals surface area contributed by atoms with Crippen molar-refractivity contribution in [3.05, 3.63) is 138 Å². The molecule has 0 aliphatic carbocycles. The molecule has 2 heterocycles. The van der Waals surface area contributed by atoms with Gasteiger partial charge in [-0.1, -0.05) is 105 Å². The van der Waals surface area contributed by atoms with Crippen LogP contribution in [0.25, 0.3) is 10.9 Å². The Balaban J connectivity index is 0.0000157. The number of nitrogens with two attached hydrogens (primary N) is 2. The Hall–Kier alpha value is -9.27. The number of carbonyl (C=O) groups is 9. The molecule has 6 rings (SSSR count). The highest BCUT2D eigenvalue weighted by molar-refractivity contribution is 5.99. The topological polar surface area (TPSA) is 392 Å². The smallest absolute Gasteiger partial charge is 0.408 e. The Morgan fingerprint density at radius 1 is 0.656 bits per heavy atom. The average Bonchev–Trinajstić information content (AvgIpc) is 1.83. The molecule has 8 atom stereocenters. The molecule has 15 N–H and O–H groups in total. The van der Waals surface area contributed by atoms with Gasteiger partial charge in [-0.2, -0.15) is 0 Å². The number of fused-ring (bicyclic) bond motifs is 1. The highest BCUT2D eigenvalue weighted by Gasteiger charge is 2.40. The number of likely N-dealkylation sites (N-methyl/N-ethyl adjacent to an activating group) is 1. The number of aliphatic hydroxyl groups is 1. The molecule has 4 aromatic carbocycles. The van der Waals surface area contributed by atoms with Crippen LogP contribution in [0.4, 0.5) is 4.79 Å². The lowest BCUT2D eigenvalue weighted by Crippen LogP contribution is -2.61. The van der Waals surface area contributed by atoms with Crippen LogP contribution in [0.3, 0.4) is 0 Å². The zero-order valence-electron chi connectivity index (χ0n) is 53.4. The first-order valence-corrected chi connectivity index (χ1v) is 31.0. The number of aliphatic hydroxyl groups excluding tert-OH is 1. The van der Waals surface area contributed by atoms with Gasteiger partial charge in [-0.05, 0) is 106 Å². The van der Waals surface area contributed by atoms with E-state index < -0.39 is 108 Å². The first-order valence-electron chi connectivity index (χ1n) is 31.0. The van der Waals surface area contributed by atoms with Gasteiger partial charge in [0.1, 0.15) is 59.7 Å². The maximum atomic E-state index is 14.9. The normalized spacial score (nSPS) is 15.1. The van der Waals surface area contributed by atoms with E-state index in [1.54, 1.807) is 70.3 Å². The summed E-state index contributed by atoms with van der Waals surface area (Å²) in [6.45, 7) is 9.83. The second-order valence-electron chi connectivity index (χ2n) is 24.0. The lowest BCUT2D eigenvalue weighted by atomic mass is 9.99. The number of amides is 9. The van der Waals surface area contributed by atoms with Crippen molar-refractivity contribution in [2.24, 2.45) is 22.4 Å². The first kappa shape index (κ1) is 74.5. The Morgan fingerprint density at radius 2 is 1.17 bits per heavy atom. The molecule has 504 valence electrons. The van der Waals surface area contributed by atoms with Crippen LogP contribution in [0, 0.1) is 5.92 Å². The highest BCUT2D eigenvalue weighted by Crippen LogP contribution is 2.22. The molecule has 27 heteroatoms. The minimum atomic E-state index is -1.77. The summed E-state index contributed by atoms with van der Waals surface area (Å²) in [5.41, 5.74) is 13.3. The molecule has 26 nitrogen and oxygen atoms in total. The standard InChI is InChI=1S/C66H89N13O13.ClH/c1-7-69-62(88)55-25-17-31-79(55)63(89)48(24-16-30-70-64(67)68)72-56(82)49(32-40(2)3)73-57(83)50(33-41-18-10-8-11-19-41)74-58(84)51(34-42-26-28-45(81)29-27-42)75-60(86)53(37-80)77-59(85)52(35-44-36-71-47-23-15-14-22-46(44)47)76-61(87)54(78-65(90)92-66(4,5)6)39-91-38-43-20-12-9-13-21-43;/h8-15,18-23,26-29,36,40,48-55,71,80-81H,7,16-17,24-25,30-35,37-39H2,1-6H3,(H,69,88)(H,72,82)(H,73,83)(H,74,84)(H,75,86)(H,76,87)(H,77,85)(H,78,90)(H4,67,68,70);1H/t48-,49-,50+,51-,52-,53-,54-,55-;/m0./s1. The molecule has 5 aromatic rings. The third-order valence-electron chi connectivity index (χ3n) is 15.0. The van der Waals surface area contributed by atoms with Crippen molar-refractivity contribution in [1.82, 2.24) is 52.4 Å². The van der Waals surface area contributed by atoms with Crippen molar-refractivity contribution in [2.75, 3.05) is 32.8 Å². The number of nitrogens with zero attached hydrogens (tertiary/aromatic N) is 2. The van der Waals surface area contributed by atoms with Gasteiger partial charge >= 0.3 is 6.09 Å². The summed E-state index contributed by atoms with van der Waals surface area (Å²) in [7, 11) is 0. The second kappa shape index (κ2) is 36.7. The molecule has 0 spiro atoms. The van der Waals surface area contributed by atoms with Crippen LogP contribution in [0.2, 0.25) is 0 Å². The number of phenolic OH excluding ortho intramolecular Hbond substituents is 1. The number of carbonyl (C=O) groups excluding carboxylic acids is 9. The summed E-state index contributed by atoms with van der Waals surface area (Å²) in [6, 6.07) is 19.9. The number of nitrogens with one attached hydrogen (secondary N) is 9. The molecule has 1 aromatic heterocycles. The van der Waals surface area contributed by atoms with Crippen molar-refractivity contribution >= 4 is 82.6 Å². The van der Waals surface area contributed by atoms with E-state index in [0.717, 1.165) is 11.1 Å². The SMILES string of the molecule is CCNC(=O)[C@@H]1CCCN1C(=O)[C@H](CCCN=C(N)N)NC(=O)[C@H](CC(C)C)NC(=O)[C@@H](Cc1ccccc1)NC(=O)[C@H](Cc1ccc(O)cc1)NC(=O)[C@H](CO)NC(=O)[C@H](Cc1c[nH]c2ccccc12)NC(=O)[C@H](COCc1ccccc1)NC(=O)OC(C)(C)C.Cl. The molecule has 9 amide bonds. The number of benzene rings is 4. The lowest BCUT2D eigenvalue weighted by molar-refractivity contribution is -0.142. The van der Waals surface area contributed by atoms with Gasteiger partial charge < -0.3 is 83.6 Å². The minimum absolute atomic E-state index is 0. The van der Waals surface area contributed by atoms with Gasteiger partial charge in [0.2, 0.25) is 47.3 Å². The Labute approximate surface area is 547 Å². The number of aliphatic imine (C=N–C) groups is 1. The molecule has 0 saturated carbocycles. The minimum Gasteiger partial charge on any atom is -0.508 e. The molecule has 1 fully saturated rings. The predicted octanol–water partition coefficient (Wildman–Crippen LogP) is 2.56. The fourth-order valence-corrected chi connectivity index (χ4v) is 10.5. The average molecular weight is 1310 g/mol. The number of aromatic amines is 1. The summed E-state index contributed by atoms with van der Waals surface area (Å²) >= 11 is 0. The zero-order valence-corrected chi connectivity index (χ0v) is 54.2. The van der Waals surface area contributed by atoms with Crippen molar-refractivity contribution in [3.63, 3.8) is 0 Å². The van der Waals surface area contributed by atoms with E-state index >= 15 is 0 Å². The van der Waals surface area contributed by atoms with E-state index in [0.29, 0.717) is 41.5 Å². The van der Waals surface area contributed by atoms with Gasteiger partial charge in [-0.25, -0.2) is 4.79 Å². The van der Waals surface area contributed by atoms with Gasteiger partial charge in [0.15, 0.2) is 5.96 Å². The number of hydrogen-bond acceptors (Lipinski definition) is 14. The number of alkyl carbamates (subject to hydrolysis) is 1. The monoisotopic (exact) mass is 1310 g/mol. The van der Waals surface area contributed by atoms with Crippen molar-refractivity contribution < 1.29 is 62.8 Å². The first-order chi connectivity index (χ1) is 43.9. The summed E-state index contributed by atoms with van der Waals surface area (Å²) < 4.78 is 11.4. The maximum absolute atomic E-state index is 14.9. The summed E-state index contributed by atoms with van der Waals surface area (Å²) in [6.07, 6.45) is 1.58. The number of aromatic nitrogens is 1. The Bertz CT molecular complexity index is 3310. The summed E-state index contributed by atoms with van der Waals surface area (Å²) in [5, 5.41) is 43.4. The van der Waals surface area contributed by atoms with Crippen LogP contribution < -0.4 is 54.0 Å². The zero-order chi connectivity index (χ0) is 66.9. The quantitative estimate of drug-likeness (QED) is 0.0163. The molecule has 1 saturated heterocycles. The van der Waals surface area contributed by atoms with Crippen LogP contribution >= 0.6 is 12.4 Å². The Kier molecular flexibility index (Phi) is 29.4. The van der Waals surface area contributed by atoms with E-state index in [-0.39, 0.29) is 101 Å². The van der Waals surface area contributed by atoms with Gasteiger partial charge in [0.25, 0.3) is 0 Å². The van der Waals surface area contributed by atoms with Crippen molar-refractivity contribution in [1.29, 1.82) is 0 Å². The van der Waals surface area contributed by atoms with E-state index in [4.69, 9.17) is 20.9 Å². The van der Waals surface area contributed by atoms with E-state index in [2.05, 4.69) is 52.5 Å². The molecule has 1 aliphatic rings.